The predicted molar refractivity (Wildman–Crippen MR) is 260 cm³/mol. The van der Waals surface area contributed by atoms with Crippen LogP contribution < -0.4 is 0 Å². The van der Waals surface area contributed by atoms with Crippen LogP contribution in [-0.2, 0) is 85.8 Å². The van der Waals surface area contributed by atoms with Gasteiger partial charge in [0.1, 0.15) is 37.4 Å². The summed E-state index contributed by atoms with van der Waals surface area (Å²) in [7, 11) is 0. The highest BCUT2D eigenvalue weighted by Gasteiger charge is 2.54. The van der Waals surface area contributed by atoms with E-state index in [1.807, 2.05) is 0 Å². The molecule has 6 aliphatic carbocycles. The van der Waals surface area contributed by atoms with Crippen LogP contribution in [0.5, 0.6) is 0 Å². The third kappa shape index (κ3) is 21.7. The summed E-state index contributed by atoms with van der Waals surface area (Å²) in [5.41, 5.74) is 1.05. The number of hydrogen-bond acceptors (Lipinski definition) is 18. The number of esters is 9. The van der Waals surface area contributed by atoms with Gasteiger partial charge < -0.3 is 42.6 Å². The van der Waals surface area contributed by atoms with Gasteiger partial charge in [-0.2, -0.15) is 26.3 Å². The minimum atomic E-state index is -4.59. The van der Waals surface area contributed by atoms with E-state index < -0.39 is 92.1 Å². The van der Waals surface area contributed by atoms with Gasteiger partial charge in [0.2, 0.25) is 6.10 Å². The summed E-state index contributed by atoms with van der Waals surface area (Å²) in [5.74, 6) is -2.64. The van der Waals surface area contributed by atoms with Crippen molar-refractivity contribution in [1.29, 1.82) is 0 Å². The third-order valence-electron chi connectivity index (χ3n) is 13.3. The maximum absolute atomic E-state index is 11.9. The lowest BCUT2D eigenvalue weighted by Crippen LogP contribution is -2.52. The van der Waals surface area contributed by atoms with Crippen LogP contribution in [0.3, 0.4) is 0 Å². The Bertz CT molecular complexity index is 2270. The summed E-state index contributed by atoms with van der Waals surface area (Å²) in [4.78, 5) is 100. The van der Waals surface area contributed by atoms with Gasteiger partial charge in [-0.3, -0.25) is 9.59 Å². The molecular weight excluding hydrogens is 1050 g/mol. The summed E-state index contributed by atoms with van der Waals surface area (Å²) < 4.78 is 114. The minimum absolute atomic E-state index is 0.0499. The van der Waals surface area contributed by atoms with Crippen molar-refractivity contribution in [2.45, 2.75) is 161 Å². The summed E-state index contributed by atoms with van der Waals surface area (Å²) >= 11 is 0. The van der Waals surface area contributed by atoms with Crippen molar-refractivity contribution in [1.82, 2.24) is 0 Å². The Morgan fingerprint density at radius 1 is 0.603 bits per heavy atom. The highest BCUT2D eigenvalue weighted by atomic mass is 19.4. The van der Waals surface area contributed by atoms with Crippen LogP contribution in [0.1, 0.15) is 119 Å². The molecule has 436 valence electrons. The second-order valence-corrected chi connectivity index (χ2v) is 20.8. The number of ether oxygens (including phenoxy) is 9. The minimum Gasteiger partial charge on any atom is -0.463 e. The molecule has 0 aromatic carbocycles. The average molecular weight is 1120 g/mol. The summed E-state index contributed by atoms with van der Waals surface area (Å²) in [6.07, 6.45) is -3.10. The fraction of sp³-hybridized carbons (Fsp3) is 0.648. The van der Waals surface area contributed by atoms with Gasteiger partial charge in [0.25, 0.3) is 0 Å². The average Bonchev–Trinajstić information content (AvgIpc) is 3.65. The van der Waals surface area contributed by atoms with E-state index in [4.69, 9.17) is 23.7 Å². The molecule has 6 saturated carbocycles. The summed E-state index contributed by atoms with van der Waals surface area (Å²) in [5, 5.41) is 0. The second kappa shape index (κ2) is 28.9. The summed E-state index contributed by atoms with van der Waals surface area (Å²) in [6, 6.07) is 0. The SMILES string of the molecule is C=C(C)C(=O)OC(C)C(F)(F)F.C=C(C)C(=O)OC12CC3CC(CC(C3)C1)C2.C=C(C)C(=O)OC1CCOC1=O.C=C(C)C(=O)OCC(=O)OC1C2CC3CC(C2)C(=O)OC1C3.C=C(C)C(=O)OCCOC(=O)CC(F)(F)F. The molecular formula is C54H70F6O18. The molecule has 9 fully saturated rings. The number of hydrogen-bond donors (Lipinski definition) is 0. The Balaban J connectivity index is 0.000000262. The zero-order chi connectivity index (χ0) is 59.0. The Hall–Kier alpha value is -6.49. The molecule has 7 unspecified atom stereocenters. The second-order valence-electron chi connectivity index (χ2n) is 20.8. The van der Waals surface area contributed by atoms with Crippen LogP contribution in [0.2, 0.25) is 0 Å². The van der Waals surface area contributed by atoms with Gasteiger partial charge in [0.05, 0.1) is 12.5 Å². The van der Waals surface area contributed by atoms with E-state index >= 15 is 0 Å². The molecule has 0 aromatic rings. The molecule has 0 aromatic heterocycles. The van der Waals surface area contributed by atoms with Crippen LogP contribution in [-0.4, -0.2) is 123 Å². The number of cyclic esters (lactones) is 1. The van der Waals surface area contributed by atoms with E-state index in [1.165, 1.54) is 47.0 Å². The zero-order valence-corrected chi connectivity index (χ0v) is 44.7. The van der Waals surface area contributed by atoms with Crippen molar-refractivity contribution in [2.24, 2.45) is 35.5 Å². The van der Waals surface area contributed by atoms with Crippen LogP contribution in [0.15, 0.2) is 60.8 Å². The van der Waals surface area contributed by atoms with Crippen LogP contribution in [0.25, 0.3) is 0 Å². The van der Waals surface area contributed by atoms with Gasteiger partial charge in [-0.25, -0.2) is 33.6 Å². The van der Waals surface area contributed by atoms with Crippen molar-refractivity contribution in [3.8, 4) is 0 Å². The zero-order valence-electron chi connectivity index (χ0n) is 44.7. The lowest BCUT2D eigenvalue weighted by Gasteiger charge is -2.55. The van der Waals surface area contributed by atoms with Gasteiger partial charge in [0.15, 0.2) is 12.7 Å². The lowest BCUT2D eigenvalue weighted by molar-refractivity contribution is -0.213. The smallest absolute Gasteiger partial charge is 0.425 e. The summed E-state index contributed by atoms with van der Waals surface area (Å²) in [6.45, 7) is 24.4. The maximum Gasteiger partial charge on any atom is 0.425 e. The molecule has 78 heavy (non-hydrogen) atoms. The van der Waals surface area contributed by atoms with Crippen LogP contribution >= 0.6 is 0 Å². The number of carbonyl (C=O) groups excluding carboxylic acids is 9. The highest BCUT2D eigenvalue weighted by Crippen LogP contribution is 2.57. The van der Waals surface area contributed by atoms with Gasteiger partial charge in [-0.15, -0.1) is 0 Å². The molecule has 0 spiro atoms. The molecule has 18 nitrogen and oxygen atoms in total. The predicted octanol–water partition coefficient (Wildman–Crippen LogP) is 8.53. The first-order valence-electron chi connectivity index (χ1n) is 25.2. The van der Waals surface area contributed by atoms with Crippen molar-refractivity contribution in [3.05, 3.63) is 60.8 Å². The van der Waals surface area contributed by atoms with Crippen molar-refractivity contribution in [3.63, 3.8) is 0 Å². The standard InChI is InChI=1S/C16H20O6.C14H20O2.C9H11F3O4.C8H10O4.C7H9F3O2/c1-8(2)15(18)20-7-13(17)22-14-10-3-9-4-11(6-10)16(19)21-12(14)5-9;1-9(2)13(15)16-14-6-10-3-11(7-14)5-12(4-10)8-14;1-6(2)8(14)16-4-3-15-7(13)5-9(10,11)12;1-5(2)7(9)12-6-3-4-11-8(6)10;1-4(2)6(11)12-5(3)7(8,9)10/h9-12,14H,1,3-7H2,2H3;10-12H,1,3-8H2,2H3;1,3-5H2,2H3;6H,1,3-4H2,2H3;5H,1H2,2-3H3. The van der Waals surface area contributed by atoms with E-state index in [-0.39, 0.29) is 64.4 Å². The first kappa shape index (κ1) is 65.8. The normalized spacial score (nSPS) is 26.8. The number of rotatable bonds is 15. The number of fused-ring (bicyclic) bond motifs is 1. The van der Waals surface area contributed by atoms with Crippen molar-refractivity contribution < 1.29 is 112 Å². The van der Waals surface area contributed by atoms with Gasteiger partial charge in [-0.05, 0) is 129 Å². The Morgan fingerprint density at radius 2 is 1.12 bits per heavy atom. The number of carbonyl (C=O) groups is 9. The molecule has 0 N–H and O–H groups in total. The van der Waals surface area contributed by atoms with E-state index in [0.717, 1.165) is 69.6 Å². The quantitative estimate of drug-likeness (QED) is 0.0491. The Kier molecular flexibility index (Phi) is 24.4. The molecule has 9 aliphatic rings. The van der Waals surface area contributed by atoms with E-state index in [2.05, 4.69) is 51.8 Å². The van der Waals surface area contributed by atoms with Crippen LogP contribution in [0.4, 0.5) is 26.3 Å². The van der Waals surface area contributed by atoms with E-state index in [9.17, 15) is 69.5 Å². The molecule has 3 aliphatic heterocycles. The topological polar surface area (TPSA) is 237 Å². The third-order valence-corrected chi connectivity index (χ3v) is 13.3. The molecule has 7 atom stereocenters. The molecule has 0 amide bonds. The number of halogens is 6. The largest absolute Gasteiger partial charge is 0.463 e. The van der Waals surface area contributed by atoms with Crippen molar-refractivity contribution in [2.75, 3.05) is 26.4 Å². The highest BCUT2D eigenvalue weighted by molar-refractivity contribution is 5.90. The molecule has 3 saturated heterocycles. The first-order valence-corrected chi connectivity index (χ1v) is 25.2. The monoisotopic (exact) mass is 1120 g/mol. The number of alkyl halides is 6. The van der Waals surface area contributed by atoms with Crippen molar-refractivity contribution >= 4 is 53.7 Å². The lowest BCUT2D eigenvalue weighted by atomic mass is 9.54. The van der Waals surface area contributed by atoms with Gasteiger partial charge >= 0.3 is 66.1 Å². The molecule has 8 bridgehead atoms. The fourth-order valence-corrected chi connectivity index (χ4v) is 10.1. The first-order chi connectivity index (χ1) is 36.1. The van der Waals surface area contributed by atoms with Gasteiger partial charge in [0, 0.05) is 40.2 Å². The van der Waals surface area contributed by atoms with E-state index in [0.29, 0.717) is 24.5 Å². The van der Waals surface area contributed by atoms with Gasteiger partial charge in [-0.1, -0.05) is 32.9 Å². The molecule has 24 heteroatoms. The van der Waals surface area contributed by atoms with E-state index in [1.54, 1.807) is 6.92 Å². The van der Waals surface area contributed by atoms with Crippen LogP contribution in [0, 0.1) is 35.5 Å². The Labute approximate surface area is 448 Å². The Morgan fingerprint density at radius 3 is 1.59 bits per heavy atom. The fourth-order valence-electron chi connectivity index (χ4n) is 10.1. The maximum atomic E-state index is 11.9. The molecule has 3 heterocycles. The molecule has 0 radical (unpaired) electrons. The molecule has 9 rings (SSSR count).